The van der Waals surface area contributed by atoms with E-state index in [9.17, 15) is 5.26 Å². The maximum Gasteiger partial charge on any atom is 0.128 e. The molecule has 1 unspecified atom stereocenters. The van der Waals surface area contributed by atoms with Crippen LogP contribution < -0.4 is 9.47 Å². The molecule has 0 radical (unpaired) electrons. The fraction of sp³-hybridized carbons (Fsp3) is 0.533. The lowest BCUT2D eigenvalue weighted by atomic mass is 10.0. The first kappa shape index (κ1) is 15.3. The van der Waals surface area contributed by atoms with Crippen LogP contribution in [-0.2, 0) is 0 Å². The number of methoxy groups -OCH3 is 2. The lowest BCUT2D eigenvalue weighted by Gasteiger charge is -2.25. The molecule has 0 fully saturated rings. The SMILES string of the molecule is COc1ccc(C(C#N)N(C)CC(C)C)c(OC)c1. The molecule has 4 nitrogen and oxygen atoms in total. The summed E-state index contributed by atoms with van der Waals surface area (Å²) in [4.78, 5) is 2.04. The van der Waals surface area contributed by atoms with Crippen LogP contribution in [-0.4, -0.2) is 32.7 Å². The van der Waals surface area contributed by atoms with Crippen molar-refractivity contribution in [1.82, 2.24) is 4.90 Å². The summed E-state index contributed by atoms with van der Waals surface area (Å²) in [7, 11) is 5.17. The van der Waals surface area contributed by atoms with Crippen LogP contribution in [0.15, 0.2) is 18.2 Å². The Morgan fingerprint density at radius 3 is 2.42 bits per heavy atom. The van der Waals surface area contributed by atoms with Gasteiger partial charge in [0.15, 0.2) is 0 Å². The minimum absolute atomic E-state index is 0.316. The Labute approximate surface area is 115 Å². The molecule has 104 valence electrons. The molecule has 4 heteroatoms. The van der Waals surface area contributed by atoms with Gasteiger partial charge in [0.1, 0.15) is 17.5 Å². The Morgan fingerprint density at radius 1 is 1.26 bits per heavy atom. The number of hydrogen-bond acceptors (Lipinski definition) is 4. The van der Waals surface area contributed by atoms with Gasteiger partial charge in [0.05, 0.1) is 20.3 Å². The second-order valence-corrected chi connectivity index (χ2v) is 4.97. The third kappa shape index (κ3) is 3.87. The van der Waals surface area contributed by atoms with Crippen molar-refractivity contribution in [1.29, 1.82) is 5.26 Å². The molecule has 0 saturated heterocycles. The third-order valence-electron chi connectivity index (χ3n) is 2.95. The monoisotopic (exact) mass is 262 g/mol. The molecule has 0 spiro atoms. The van der Waals surface area contributed by atoms with Gasteiger partial charge in [-0.2, -0.15) is 5.26 Å². The maximum atomic E-state index is 9.43. The first-order chi connectivity index (χ1) is 9.03. The van der Waals surface area contributed by atoms with Gasteiger partial charge in [0.2, 0.25) is 0 Å². The topological polar surface area (TPSA) is 45.5 Å². The lowest BCUT2D eigenvalue weighted by molar-refractivity contribution is 0.253. The van der Waals surface area contributed by atoms with Gasteiger partial charge in [-0.15, -0.1) is 0 Å². The molecule has 0 aliphatic carbocycles. The molecule has 1 aromatic carbocycles. The van der Waals surface area contributed by atoms with E-state index in [2.05, 4.69) is 19.9 Å². The highest BCUT2D eigenvalue weighted by molar-refractivity contribution is 5.44. The van der Waals surface area contributed by atoms with E-state index < -0.39 is 0 Å². The minimum atomic E-state index is -0.316. The van der Waals surface area contributed by atoms with Gasteiger partial charge >= 0.3 is 0 Å². The fourth-order valence-electron chi connectivity index (χ4n) is 2.13. The zero-order valence-electron chi connectivity index (χ0n) is 12.3. The summed E-state index contributed by atoms with van der Waals surface area (Å²) in [6.07, 6.45) is 0. The van der Waals surface area contributed by atoms with Crippen LogP contribution in [0.3, 0.4) is 0 Å². The Kier molecular flexibility index (Phi) is 5.65. The van der Waals surface area contributed by atoms with Crippen LogP contribution in [0.4, 0.5) is 0 Å². The molecular formula is C15H22N2O2. The average molecular weight is 262 g/mol. The zero-order valence-corrected chi connectivity index (χ0v) is 12.3. The fourth-order valence-corrected chi connectivity index (χ4v) is 2.13. The molecule has 0 bridgehead atoms. The van der Waals surface area contributed by atoms with Gasteiger partial charge in [-0.3, -0.25) is 4.90 Å². The second kappa shape index (κ2) is 7.01. The number of hydrogen-bond donors (Lipinski definition) is 0. The van der Waals surface area contributed by atoms with E-state index in [1.165, 1.54) is 0 Å². The zero-order chi connectivity index (χ0) is 14.4. The van der Waals surface area contributed by atoms with Crippen molar-refractivity contribution in [3.05, 3.63) is 23.8 Å². The number of rotatable bonds is 6. The number of ether oxygens (including phenoxy) is 2. The highest BCUT2D eigenvalue weighted by atomic mass is 16.5. The molecule has 0 saturated carbocycles. The molecule has 1 atom stereocenters. The molecular weight excluding hydrogens is 240 g/mol. The first-order valence-corrected chi connectivity index (χ1v) is 6.35. The summed E-state index contributed by atoms with van der Waals surface area (Å²) in [5, 5.41) is 9.43. The van der Waals surface area contributed by atoms with Crippen LogP contribution in [0.25, 0.3) is 0 Å². The predicted molar refractivity (Wildman–Crippen MR) is 75.4 cm³/mol. The lowest BCUT2D eigenvalue weighted by Crippen LogP contribution is -2.27. The largest absolute Gasteiger partial charge is 0.497 e. The van der Waals surface area contributed by atoms with Gasteiger partial charge < -0.3 is 9.47 Å². The molecule has 0 aliphatic rings. The predicted octanol–water partition coefficient (Wildman–Crippen LogP) is 2.86. The summed E-state index contributed by atoms with van der Waals surface area (Å²) in [5.41, 5.74) is 0.869. The molecule has 19 heavy (non-hydrogen) atoms. The van der Waals surface area contributed by atoms with E-state index >= 15 is 0 Å². The molecule has 0 amide bonds. The van der Waals surface area contributed by atoms with E-state index in [-0.39, 0.29) is 6.04 Å². The first-order valence-electron chi connectivity index (χ1n) is 6.35. The highest BCUT2D eigenvalue weighted by Gasteiger charge is 2.21. The molecule has 0 heterocycles. The van der Waals surface area contributed by atoms with Gasteiger partial charge in [-0.25, -0.2) is 0 Å². The quantitative estimate of drug-likeness (QED) is 0.791. The Hall–Kier alpha value is -1.73. The van der Waals surface area contributed by atoms with Crippen molar-refractivity contribution in [2.24, 2.45) is 5.92 Å². The van der Waals surface area contributed by atoms with E-state index in [0.29, 0.717) is 11.7 Å². The van der Waals surface area contributed by atoms with Crippen LogP contribution in [0.1, 0.15) is 25.5 Å². The Balaban J connectivity index is 3.08. The summed E-state index contributed by atoms with van der Waals surface area (Å²) in [5.74, 6) is 1.91. The number of benzene rings is 1. The third-order valence-corrected chi connectivity index (χ3v) is 2.95. The molecule has 1 rings (SSSR count). The Bertz CT molecular complexity index is 452. The smallest absolute Gasteiger partial charge is 0.128 e. The number of nitriles is 1. The minimum Gasteiger partial charge on any atom is -0.497 e. The van der Waals surface area contributed by atoms with Crippen molar-refractivity contribution in [3.8, 4) is 17.6 Å². The van der Waals surface area contributed by atoms with E-state index in [1.807, 2.05) is 30.1 Å². The highest BCUT2D eigenvalue weighted by Crippen LogP contribution is 2.32. The second-order valence-electron chi connectivity index (χ2n) is 4.97. The van der Waals surface area contributed by atoms with Crippen LogP contribution in [0.5, 0.6) is 11.5 Å². The van der Waals surface area contributed by atoms with Crippen LogP contribution in [0.2, 0.25) is 0 Å². The molecule has 0 aliphatic heterocycles. The molecule has 1 aromatic rings. The standard InChI is InChI=1S/C15H22N2O2/c1-11(2)10-17(3)14(9-16)13-7-6-12(18-4)8-15(13)19-5/h6-8,11,14H,10H2,1-5H3. The van der Waals surface area contributed by atoms with E-state index in [4.69, 9.17) is 9.47 Å². The average Bonchev–Trinajstić information content (AvgIpc) is 2.39. The van der Waals surface area contributed by atoms with E-state index in [1.54, 1.807) is 14.2 Å². The normalized spacial score (nSPS) is 12.3. The molecule has 0 N–H and O–H groups in total. The van der Waals surface area contributed by atoms with Crippen molar-refractivity contribution in [2.45, 2.75) is 19.9 Å². The summed E-state index contributed by atoms with van der Waals surface area (Å²) >= 11 is 0. The van der Waals surface area contributed by atoms with Gasteiger partial charge in [-0.05, 0) is 25.1 Å². The van der Waals surface area contributed by atoms with Crippen molar-refractivity contribution >= 4 is 0 Å². The van der Waals surface area contributed by atoms with Crippen molar-refractivity contribution in [2.75, 3.05) is 27.8 Å². The van der Waals surface area contributed by atoms with Gasteiger partial charge in [0.25, 0.3) is 0 Å². The maximum absolute atomic E-state index is 9.43. The van der Waals surface area contributed by atoms with E-state index in [0.717, 1.165) is 17.9 Å². The summed E-state index contributed by atoms with van der Waals surface area (Å²) < 4.78 is 10.5. The summed E-state index contributed by atoms with van der Waals surface area (Å²) in [6, 6.07) is 7.58. The van der Waals surface area contributed by atoms with Gasteiger partial charge in [-0.1, -0.05) is 13.8 Å². The van der Waals surface area contributed by atoms with Crippen LogP contribution >= 0.6 is 0 Å². The molecule has 0 aromatic heterocycles. The summed E-state index contributed by atoms with van der Waals surface area (Å²) in [6.45, 7) is 5.12. The van der Waals surface area contributed by atoms with Gasteiger partial charge in [0, 0.05) is 18.2 Å². The van der Waals surface area contributed by atoms with Crippen LogP contribution in [0, 0.1) is 17.2 Å². The van der Waals surface area contributed by atoms with Crippen molar-refractivity contribution in [3.63, 3.8) is 0 Å². The number of nitrogens with zero attached hydrogens (tertiary/aromatic N) is 2. The Morgan fingerprint density at radius 2 is 1.95 bits per heavy atom. The van der Waals surface area contributed by atoms with Crippen molar-refractivity contribution < 1.29 is 9.47 Å².